The molecule has 1 saturated carbocycles. The zero-order chi connectivity index (χ0) is 12.2. The molecule has 1 aliphatic rings. The normalized spacial score (nSPS) is 20.0. The van der Waals surface area contributed by atoms with E-state index in [4.69, 9.17) is 5.26 Å². The summed E-state index contributed by atoms with van der Waals surface area (Å²) in [7, 11) is 0. The fraction of sp³-hybridized carbons (Fsp3) is 0.909. The van der Waals surface area contributed by atoms with Crippen LogP contribution in [0.25, 0.3) is 0 Å². The molecule has 0 saturated heterocycles. The zero-order valence-corrected chi connectivity index (χ0v) is 9.43. The first-order valence-corrected chi connectivity index (χ1v) is 5.69. The lowest BCUT2D eigenvalue weighted by molar-refractivity contribution is -0.164. The van der Waals surface area contributed by atoms with Crippen LogP contribution in [-0.2, 0) is 0 Å². The van der Waals surface area contributed by atoms with Gasteiger partial charge < -0.3 is 0 Å². The third kappa shape index (κ3) is 3.38. The summed E-state index contributed by atoms with van der Waals surface area (Å²) >= 11 is 0. The van der Waals surface area contributed by atoms with Crippen molar-refractivity contribution < 1.29 is 13.2 Å². The minimum atomic E-state index is -4.40. The third-order valence-corrected chi connectivity index (χ3v) is 3.22. The minimum absolute atomic E-state index is 0.179. The van der Waals surface area contributed by atoms with E-state index in [9.17, 15) is 13.2 Å². The zero-order valence-electron chi connectivity index (χ0n) is 9.43. The molecule has 1 fully saturated rings. The van der Waals surface area contributed by atoms with Crippen LogP contribution in [0.4, 0.5) is 13.2 Å². The van der Waals surface area contributed by atoms with Crippen LogP contribution in [0.15, 0.2) is 0 Å². The molecule has 0 aromatic heterocycles. The molecule has 0 aromatic carbocycles. The Hall–Kier alpha value is -0.760. The molecule has 1 aliphatic carbocycles. The predicted octanol–water partition coefficient (Wildman–Crippen LogP) is 2.95. The van der Waals surface area contributed by atoms with E-state index in [1.54, 1.807) is 4.90 Å². The second kappa shape index (κ2) is 5.53. The van der Waals surface area contributed by atoms with Gasteiger partial charge >= 0.3 is 6.18 Å². The first-order chi connectivity index (χ1) is 7.49. The molecule has 0 N–H and O–H groups in total. The number of hydrogen-bond donors (Lipinski definition) is 0. The Bertz CT molecular complexity index is 251. The van der Waals surface area contributed by atoms with Crippen LogP contribution in [0.1, 0.15) is 32.6 Å². The Morgan fingerprint density at radius 2 is 1.94 bits per heavy atom. The molecule has 0 aliphatic heterocycles. The van der Waals surface area contributed by atoms with Gasteiger partial charge in [0.2, 0.25) is 0 Å². The Labute approximate surface area is 94.0 Å². The lowest BCUT2D eigenvalue weighted by Gasteiger charge is -2.29. The summed E-state index contributed by atoms with van der Waals surface area (Å²) in [6, 6.07) is 1.60. The number of rotatable bonds is 4. The Morgan fingerprint density at radius 3 is 2.31 bits per heavy atom. The SMILES string of the molecule is CCN(CC(C#N)C(F)(F)F)C1CCCC1. The van der Waals surface area contributed by atoms with Crippen molar-refractivity contribution in [2.45, 2.75) is 44.8 Å². The van der Waals surface area contributed by atoms with E-state index in [0.717, 1.165) is 25.7 Å². The topological polar surface area (TPSA) is 27.0 Å². The first-order valence-electron chi connectivity index (χ1n) is 5.69. The highest BCUT2D eigenvalue weighted by Gasteiger charge is 2.41. The minimum Gasteiger partial charge on any atom is -0.299 e. The van der Waals surface area contributed by atoms with E-state index < -0.39 is 12.1 Å². The average Bonchev–Trinajstić information content (AvgIpc) is 2.70. The van der Waals surface area contributed by atoms with Gasteiger partial charge in [-0.05, 0) is 19.4 Å². The molecule has 2 nitrogen and oxygen atoms in total. The number of halogens is 3. The molecular weight excluding hydrogens is 217 g/mol. The van der Waals surface area contributed by atoms with Gasteiger partial charge in [0.1, 0.15) is 0 Å². The maximum Gasteiger partial charge on any atom is 0.405 e. The molecule has 1 rings (SSSR count). The van der Waals surface area contributed by atoms with E-state index in [1.807, 2.05) is 6.92 Å². The van der Waals surface area contributed by atoms with Crippen LogP contribution in [0.5, 0.6) is 0 Å². The lowest BCUT2D eigenvalue weighted by atomic mass is 10.1. The molecule has 0 radical (unpaired) electrons. The Balaban J connectivity index is 2.58. The highest BCUT2D eigenvalue weighted by atomic mass is 19.4. The van der Waals surface area contributed by atoms with E-state index in [1.165, 1.54) is 6.07 Å². The van der Waals surface area contributed by atoms with Crippen molar-refractivity contribution in [3.8, 4) is 6.07 Å². The summed E-state index contributed by atoms with van der Waals surface area (Å²) in [6.07, 6.45) is -0.302. The first kappa shape index (κ1) is 13.3. The van der Waals surface area contributed by atoms with Crippen LogP contribution in [0.2, 0.25) is 0 Å². The van der Waals surface area contributed by atoms with E-state index in [-0.39, 0.29) is 12.6 Å². The molecule has 92 valence electrons. The summed E-state index contributed by atoms with van der Waals surface area (Å²) in [6.45, 7) is 2.25. The van der Waals surface area contributed by atoms with Crippen molar-refractivity contribution in [3.63, 3.8) is 0 Å². The van der Waals surface area contributed by atoms with Crippen LogP contribution in [0, 0.1) is 17.2 Å². The smallest absolute Gasteiger partial charge is 0.299 e. The number of alkyl halides is 3. The number of hydrogen-bond acceptors (Lipinski definition) is 2. The van der Waals surface area contributed by atoms with Crippen molar-refractivity contribution in [1.29, 1.82) is 5.26 Å². The maximum atomic E-state index is 12.5. The Morgan fingerprint density at radius 1 is 1.38 bits per heavy atom. The molecule has 0 spiro atoms. The van der Waals surface area contributed by atoms with Crippen molar-refractivity contribution in [3.05, 3.63) is 0 Å². The van der Waals surface area contributed by atoms with Crippen molar-refractivity contribution in [1.82, 2.24) is 4.90 Å². The van der Waals surface area contributed by atoms with Crippen LogP contribution in [-0.4, -0.2) is 30.2 Å². The van der Waals surface area contributed by atoms with Crippen LogP contribution >= 0.6 is 0 Å². The number of nitrogens with zero attached hydrogens (tertiary/aromatic N) is 2. The standard InChI is InChI=1S/C11H17F3N2/c1-2-16(10-5-3-4-6-10)8-9(7-15)11(12,13)14/h9-10H,2-6,8H2,1H3. The molecule has 0 aromatic rings. The quantitative estimate of drug-likeness (QED) is 0.747. The summed E-state index contributed by atoms with van der Waals surface area (Å²) in [5.41, 5.74) is 0. The molecule has 5 heteroatoms. The molecule has 1 atom stereocenters. The third-order valence-electron chi connectivity index (χ3n) is 3.22. The maximum absolute atomic E-state index is 12.5. The van der Waals surface area contributed by atoms with Gasteiger partial charge in [0.05, 0.1) is 6.07 Å². The van der Waals surface area contributed by atoms with E-state index >= 15 is 0 Å². The van der Waals surface area contributed by atoms with Gasteiger partial charge in [-0.25, -0.2) is 0 Å². The van der Waals surface area contributed by atoms with Crippen LogP contribution in [0.3, 0.4) is 0 Å². The summed E-state index contributed by atoms with van der Waals surface area (Å²) in [4.78, 5) is 1.80. The largest absolute Gasteiger partial charge is 0.405 e. The molecule has 0 heterocycles. The van der Waals surface area contributed by atoms with Crippen molar-refractivity contribution >= 4 is 0 Å². The molecule has 0 bridgehead atoms. The highest BCUT2D eigenvalue weighted by molar-refractivity contribution is 4.92. The molecule has 1 unspecified atom stereocenters. The lowest BCUT2D eigenvalue weighted by Crippen LogP contribution is -2.41. The monoisotopic (exact) mass is 234 g/mol. The molecular formula is C11H17F3N2. The van der Waals surface area contributed by atoms with Gasteiger partial charge in [-0.2, -0.15) is 18.4 Å². The fourth-order valence-corrected chi connectivity index (χ4v) is 2.26. The van der Waals surface area contributed by atoms with Crippen LogP contribution < -0.4 is 0 Å². The fourth-order valence-electron chi connectivity index (χ4n) is 2.26. The van der Waals surface area contributed by atoms with Gasteiger partial charge in [0.25, 0.3) is 0 Å². The van der Waals surface area contributed by atoms with E-state index in [2.05, 4.69) is 0 Å². The van der Waals surface area contributed by atoms with Crippen molar-refractivity contribution in [2.75, 3.05) is 13.1 Å². The second-order valence-electron chi connectivity index (χ2n) is 4.25. The predicted molar refractivity (Wildman–Crippen MR) is 54.7 cm³/mol. The average molecular weight is 234 g/mol. The van der Waals surface area contributed by atoms with Gasteiger partial charge in [0, 0.05) is 12.6 Å². The summed E-state index contributed by atoms with van der Waals surface area (Å²) < 4.78 is 37.4. The van der Waals surface area contributed by atoms with Gasteiger partial charge in [0.15, 0.2) is 5.92 Å². The second-order valence-corrected chi connectivity index (χ2v) is 4.25. The van der Waals surface area contributed by atoms with Gasteiger partial charge in [-0.15, -0.1) is 0 Å². The number of nitriles is 1. The van der Waals surface area contributed by atoms with Gasteiger partial charge in [-0.3, -0.25) is 4.90 Å². The Kier molecular flexibility index (Phi) is 4.60. The molecule has 0 amide bonds. The van der Waals surface area contributed by atoms with Crippen molar-refractivity contribution in [2.24, 2.45) is 5.92 Å². The summed E-state index contributed by atoms with van der Waals surface area (Å²) in [5, 5.41) is 8.55. The highest BCUT2D eigenvalue weighted by Crippen LogP contribution is 2.29. The van der Waals surface area contributed by atoms with Gasteiger partial charge in [-0.1, -0.05) is 19.8 Å². The molecule has 16 heavy (non-hydrogen) atoms. The summed E-state index contributed by atoms with van der Waals surface area (Å²) in [5.74, 6) is -1.85. The van der Waals surface area contributed by atoms with E-state index in [0.29, 0.717) is 6.54 Å².